The molecule has 0 aromatic heterocycles. The predicted octanol–water partition coefficient (Wildman–Crippen LogP) is 1.50. The van der Waals surface area contributed by atoms with E-state index in [2.05, 4.69) is 0 Å². The van der Waals surface area contributed by atoms with Gasteiger partial charge in [0.2, 0.25) is 0 Å². The quantitative estimate of drug-likeness (QED) is 0.726. The smallest absolute Gasteiger partial charge is 0.325 e. The molecule has 108 valence electrons. The van der Waals surface area contributed by atoms with Crippen molar-refractivity contribution in [2.24, 2.45) is 0 Å². The summed E-state index contributed by atoms with van der Waals surface area (Å²) in [5, 5.41) is 0. The van der Waals surface area contributed by atoms with Gasteiger partial charge in [0.05, 0.1) is 7.11 Å². The predicted molar refractivity (Wildman–Crippen MR) is 69.6 cm³/mol. The van der Waals surface area contributed by atoms with Crippen LogP contribution in [0.3, 0.4) is 0 Å². The molecule has 0 radical (unpaired) electrons. The molecule has 1 unspecified atom stereocenters. The Bertz CT molecular complexity index is 343. The first kappa shape index (κ1) is 14.3. The van der Waals surface area contributed by atoms with Crippen molar-refractivity contribution >= 4 is 11.9 Å². The summed E-state index contributed by atoms with van der Waals surface area (Å²) in [6, 6.07) is 0.160. The van der Waals surface area contributed by atoms with Gasteiger partial charge in [-0.15, -0.1) is 0 Å². The average molecular weight is 269 g/mol. The number of hydrogen-bond acceptors (Lipinski definition) is 4. The first-order chi connectivity index (χ1) is 9.07. The van der Waals surface area contributed by atoms with Gasteiger partial charge in [0, 0.05) is 12.6 Å². The summed E-state index contributed by atoms with van der Waals surface area (Å²) in [4.78, 5) is 25.9. The largest absolute Gasteiger partial charge is 0.468 e. The molecule has 0 bridgehead atoms. The van der Waals surface area contributed by atoms with Gasteiger partial charge >= 0.3 is 5.97 Å². The minimum absolute atomic E-state index is 0.0406. The van der Waals surface area contributed by atoms with E-state index in [0.717, 1.165) is 38.5 Å². The zero-order valence-corrected chi connectivity index (χ0v) is 11.8. The number of rotatable bonds is 4. The van der Waals surface area contributed by atoms with Gasteiger partial charge in [-0.05, 0) is 32.6 Å². The summed E-state index contributed by atoms with van der Waals surface area (Å²) >= 11 is 0. The van der Waals surface area contributed by atoms with Crippen LogP contribution in [0.1, 0.15) is 45.4 Å². The normalized spacial score (nSPS) is 27.5. The number of carbonyl (C=O) groups is 2. The number of nitrogens with zero attached hydrogens (tertiary/aromatic N) is 1. The standard InChI is InChI=1S/C14H23NO4/c1-14(8-5-9-19-14)13(17)15(10-12(16)18-2)11-6-3-4-7-11/h11H,3-10H2,1-2H3. The van der Waals surface area contributed by atoms with Gasteiger partial charge in [-0.2, -0.15) is 0 Å². The lowest BCUT2D eigenvalue weighted by Crippen LogP contribution is -2.52. The maximum absolute atomic E-state index is 12.7. The fourth-order valence-corrected chi connectivity index (χ4v) is 3.04. The van der Waals surface area contributed by atoms with Crippen LogP contribution in [0.5, 0.6) is 0 Å². The molecule has 2 aliphatic rings. The number of methoxy groups -OCH3 is 1. The van der Waals surface area contributed by atoms with Crippen molar-refractivity contribution in [1.82, 2.24) is 4.90 Å². The molecule has 0 aromatic carbocycles. The summed E-state index contributed by atoms with van der Waals surface area (Å²) in [5.74, 6) is -0.413. The van der Waals surface area contributed by atoms with E-state index in [4.69, 9.17) is 9.47 Å². The highest BCUT2D eigenvalue weighted by molar-refractivity contribution is 5.88. The molecule has 1 atom stereocenters. The van der Waals surface area contributed by atoms with Crippen molar-refractivity contribution in [2.45, 2.75) is 57.1 Å². The SMILES string of the molecule is COC(=O)CN(C(=O)C1(C)CCCO1)C1CCCC1. The minimum atomic E-state index is -0.753. The highest BCUT2D eigenvalue weighted by Crippen LogP contribution is 2.31. The van der Waals surface area contributed by atoms with Crippen LogP contribution >= 0.6 is 0 Å². The number of esters is 1. The molecule has 1 aliphatic heterocycles. The molecule has 1 amide bonds. The lowest BCUT2D eigenvalue weighted by Gasteiger charge is -2.34. The number of ether oxygens (including phenoxy) is 2. The van der Waals surface area contributed by atoms with Crippen molar-refractivity contribution in [2.75, 3.05) is 20.3 Å². The van der Waals surface area contributed by atoms with Gasteiger partial charge in [-0.1, -0.05) is 12.8 Å². The third-order valence-electron chi connectivity index (χ3n) is 4.22. The van der Waals surface area contributed by atoms with E-state index in [1.165, 1.54) is 7.11 Å². The second-order valence-electron chi connectivity index (χ2n) is 5.63. The Labute approximate surface area is 114 Å². The van der Waals surface area contributed by atoms with Crippen LogP contribution in [0.2, 0.25) is 0 Å². The van der Waals surface area contributed by atoms with Crippen LogP contribution in [-0.2, 0) is 19.1 Å². The molecule has 0 aromatic rings. The number of carbonyl (C=O) groups excluding carboxylic acids is 2. The molecule has 2 fully saturated rings. The molecule has 5 nitrogen and oxygen atoms in total. The van der Waals surface area contributed by atoms with E-state index in [0.29, 0.717) is 6.61 Å². The van der Waals surface area contributed by atoms with Crippen LogP contribution in [0.4, 0.5) is 0 Å². The van der Waals surface area contributed by atoms with Crippen molar-refractivity contribution in [3.63, 3.8) is 0 Å². The van der Waals surface area contributed by atoms with Crippen LogP contribution in [0.15, 0.2) is 0 Å². The van der Waals surface area contributed by atoms with E-state index >= 15 is 0 Å². The Morgan fingerprint density at radius 3 is 2.53 bits per heavy atom. The Balaban J connectivity index is 2.11. The fourth-order valence-electron chi connectivity index (χ4n) is 3.04. The molecular formula is C14H23NO4. The van der Waals surface area contributed by atoms with E-state index in [-0.39, 0.29) is 24.5 Å². The lowest BCUT2D eigenvalue weighted by atomic mass is 9.99. The Hall–Kier alpha value is -1.10. The zero-order chi connectivity index (χ0) is 13.9. The van der Waals surface area contributed by atoms with E-state index in [1.54, 1.807) is 4.90 Å². The summed E-state index contributed by atoms with van der Waals surface area (Å²) in [7, 11) is 1.35. The summed E-state index contributed by atoms with van der Waals surface area (Å²) in [6.45, 7) is 2.50. The minimum Gasteiger partial charge on any atom is -0.468 e. The Kier molecular flexibility index (Phi) is 4.45. The van der Waals surface area contributed by atoms with Crippen molar-refractivity contribution in [3.8, 4) is 0 Å². The summed E-state index contributed by atoms with van der Waals surface area (Å²) in [6.07, 6.45) is 5.81. The van der Waals surface area contributed by atoms with Crippen LogP contribution in [0, 0.1) is 0 Å². The maximum Gasteiger partial charge on any atom is 0.325 e. The Morgan fingerprint density at radius 2 is 2.00 bits per heavy atom. The van der Waals surface area contributed by atoms with Crippen LogP contribution in [-0.4, -0.2) is 48.7 Å². The highest BCUT2D eigenvalue weighted by atomic mass is 16.5. The van der Waals surface area contributed by atoms with Crippen molar-refractivity contribution in [3.05, 3.63) is 0 Å². The van der Waals surface area contributed by atoms with Crippen LogP contribution < -0.4 is 0 Å². The average Bonchev–Trinajstić information content (AvgIpc) is 3.06. The Morgan fingerprint density at radius 1 is 1.32 bits per heavy atom. The first-order valence-electron chi connectivity index (χ1n) is 7.09. The molecule has 1 aliphatic carbocycles. The number of amides is 1. The molecular weight excluding hydrogens is 246 g/mol. The van der Waals surface area contributed by atoms with Gasteiger partial charge in [0.15, 0.2) is 0 Å². The van der Waals surface area contributed by atoms with Gasteiger partial charge in [0.25, 0.3) is 5.91 Å². The van der Waals surface area contributed by atoms with Crippen molar-refractivity contribution in [1.29, 1.82) is 0 Å². The van der Waals surface area contributed by atoms with E-state index < -0.39 is 5.60 Å². The van der Waals surface area contributed by atoms with Gasteiger partial charge in [-0.3, -0.25) is 9.59 Å². The molecule has 1 saturated heterocycles. The first-order valence-corrected chi connectivity index (χ1v) is 7.09. The monoisotopic (exact) mass is 269 g/mol. The molecule has 2 rings (SSSR count). The molecule has 1 heterocycles. The second kappa shape index (κ2) is 5.90. The highest BCUT2D eigenvalue weighted by Gasteiger charge is 2.43. The van der Waals surface area contributed by atoms with Gasteiger partial charge in [-0.25, -0.2) is 0 Å². The summed E-state index contributed by atoms with van der Waals surface area (Å²) in [5.41, 5.74) is -0.753. The third kappa shape index (κ3) is 3.08. The maximum atomic E-state index is 12.7. The second-order valence-corrected chi connectivity index (χ2v) is 5.63. The zero-order valence-electron chi connectivity index (χ0n) is 11.8. The molecule has 1 saturated carbocycles. The van der Waals surface area contributed by atoms with E-state index in [9.17, 15) is 9.59 Å². The van der Waals surface area contributed by atoms with Gasteiger partial charge < -0.3 is 14.4 Å². The molecule has 19 heavy (non-hydrogen) atoms. The van der Waals surface area contributed by atoms with Crippen LogP contribution in [0.25, 0.3) is 0 Å². The lowest BCUT2D eigenvalue weighted by molar-refractivity contribution is -0.159. The third-order valence-corrected chi connectivity index (χ3v) is 4.22. The fraction of sp³-hybridized carbons (Fsp3) is 0.857. The van der Waals surface area contributed by atoms with E-state index in [1.807, 2.05) is 6.92 Å². The number of hydrogen-bond donors (Lipinski definition) is 0. The van der Waals surface area contributed by atoms with Crippen molar-refractivity contribution < 1.29 is 19.1 Å². The molecule has 0 spiro atoms. The molecule has 0 N–H and O–H groups in total. The topological polar surface area (TPSA) is 55.8 Å². The van der Waals surface area contributed by atoms with Gasteiger partial charge in [0.1, 0.15) is 12.1 Å². The molecule has 5 heteroatoms. The summed E-state index contributed by atoms with van der Waals surface area (Å²) < 4.78 is 10.3.